The first-order valence-electron chi connectivity index (χ1n) is 17.3. The smallest absolute Gasteiger partial charge is 0.414 e. The molecule has 13 nitrogen and oxygen atoms in total. The van der Waals surface area contributed by atoms with Gasteiger partial charge in [-0.15, -0.1) is 6.58 Å². The molecule has 0 aliphatic heterocycles. The molecule has 0 spiro atoms. The number of carbonyl (C=O) groups excluding carboxylic acids is 2. The van der Waals surface area contributed by atoms with Crippen molar-refractivity contribution in [1.82, 2.24) is 5.16 Å². The van der Waals surface area contributed by atoms with Crippen molar-refractivity contribution in [2.45, 2.75) is 101 Å². The maximum absolute atomic E-state index is 12.8. The number of carbonyl (C=O) groups is 3. The summed E-state index contributed by atoms with van der Waals surface area (Å²) in [4.78, 5) is 37.0. The predicted molar refractivity (Wildman–Crippen MR) is 177 cm³/mol. The number of ether oxygens (including phenoxy) is 3. The normalized spacial score (nSPS) is 30.7. The van der Waals surface area contributed by atoms with Gasteiger partial charge >= 0.3 is 28.8 Å². The number of hydrogen-bond donors (Lipinski definition) is 1. The maximum atomic E-state index is 12.8. The minimum absolute atomic E-state index is 0.0713. The molecule has 274 valence electrons. The third-order valence-corrected chi connectivity index (χ3v) is 13.5. The highest BCUT2D eigenvalue weighted by Crippen LogP contribution is 2.69. The van der Waals surface area contributed by atoms with Crippen LogP contribution in [0.25, 0.3) is 0 Å². The number of carboxylic acids is 1. The minimum Gasteiger partial charge on any atom is -0.481 e. The summed E-state index contributed by atoms with van der Waals surface area (Å²) in [5.41, 5.74) is -1.24. The van der Waals surface area contributed by atoms with Crippen molar-refractivity contribution < 1.29 is 51.7 Å². The number of esters is 2. The summed E-state index contributed by atoms with van der Waals surface area (Å²) >= 11 is 0. The van der Waals surface area contributed by atoms with Crippen LogP contribution in [0.4, 0.5) is 0 Å². The molecule has 3 aliphatic rings. The predicted octanol–water partition coefficient (Wildman–Crippen LogP) is 5.45. The molecule has 50 heavy (non-hydrogen) atoms. The summed E-state index contributed by atoms with van der Waals surface area (Å²) in [6.07, 6.45) is 8.83. The molecule has 14 heteroatoms. The average molecular weight is 717 g/mol. The number of hydrogen-bond acceptors (Lipinski definition) is 11. The highest BCUT2D eigenvalue weighted by molar-refractivity contribution is 7.91. The summed E-state index contributed by atoms with van der Waals surface area (Å²) in [6, 6.07) is 7.30. The van der Waals surface area contributed by atoms with Gasteiger partial charge in [0, 0.05) is 11.8 Å². The second kappa shape index (κ2) is 14.4. The highest BCUT2D eigenvalue weighted by Gasteiger charge is 2.63. The quantitative estimate of drug-likeness (QED) is 0.113. The van der Waals surface area contributed by atoms with Crippen LogP contribution >= 0.6 is 0 Å². The molecule has 0 radical (unpaired) electrons. The lowest BCUT2D eigenvalue weighted by Gasteiger charge is -2.65. The van der Waals surface area contributed by atoms with Gasteiger partial charge in [0.05, 0.1) is 48.1 Å². The van der Waals surface area contributed by atoms with E-state index in [9.17, 15) is 33.1 Å². The van der Waals surface area contributed by atoms with E-state index in [2.05, 4.69) is 36.3 Å². The third kappa shape index (κ3) is 7.13. The lowest BCUT2D eigenvalue weighted by atomic mass is 9.39. The SMILES string of the molecule is C=C[C@]12CC[C@H]3[C@@](C)(CCC[C@@]3(C)C(=O)O)[C@@H]1CC[C@](C)(COC(=O)CCC(=O)OCCCOc1no[n+]([O-])c1S(=O)(=O)c1ccccc1)C2. The van der Waals surface area contributed by atoms with E-state index in [1.165, 1.54) is 24.3 Å². The molecule has 5 rings (SSSR count). The summed E-state index contributed by atoms with van der Waals surface area (Å²) in [7, 11) is -4.25. The number of aromatic nitrogens is 2. The van der Waals surface area contributed by atoms with Crippen LogP contribution in [0, 0.1) is 38.7 Å². The average Bonchev–Trinajstić information content (AvgIpc) is 3.46. The Morgan fingerprint density at radius 1 is 1.02 bits per heavy atom. The van der Waals surface area contributed by atoms with Gasteiger partial charge in [0.25, 0.3) is 9.84 Å². The Morgan fingerprint density at radius 2 is 1.70 bits per heavy atom. The number of allylic oxidation sites excluding steroid dienone is 1. The number of fused-ring (bicyclic) bond motifs is 3. The Kier molecular flexibility index (Phi) is 10.7. The Morgan fingerprint density at radius 3 is 2.38 bits per heavy atom. The van der Waals surface area contributed by atoms with Gasteiger partial charge in [0.15, 0.2) is 0 Å². The molecule has 1 aromatic heterocycles. The zero-order chi connectivity index (χ0) is 36.4. The van der Waals surface area contributed by atoms with Gasteiger partial charge in [-0.3, -0.25) is 19.0 Å². The van der Waals surface area contributed by atoms with E-state index in [1.54, 1.807) is 6.07 Å². The van der Waals surface area contributed by atoms with E-state index in [0.29, 0.717) is 12.3 Å². The van der Waals surface area contributed by atoms with E-state index in [1.807, 2.05) is 6.92 Å². The first kappa shape index (κ1) is 37.3. The van der Waals surface area contributed by atoms with Crippen molar-refractivity contribution in [1.29, 1.82) is 0 Å². The fourth-order valence-electron chi connectivity index (χ4n) is 9.38. The van der Waals surface area contributed by atoms with Gasteiger partial charge in [-0.25, -0.2) is 8.42 Å². The molecule has 1 aromatic carbocycles. The van der Waals surface area contributed by atoms with E-state index < -0.39 is 44.1 Å². The number of rotatable bonds is 14. The zero-order valence-corrected chi connectivity index (χ0v) is 29.9. The zero-order valence-electron chi connectivity index (χ0n) is 29.1. The van der Waals surface area contributed by atoms with E-state index in [-0.39, 0.29) is 71.0 Å². The topological polar surface area (TPSA) is 186 Å². The lowest BCUT2D eigenvalue weighted by molar-refractivity contribution is -0.832. The molecule has 3 saturated carbocycles. The molecule has 3 aliphatic carbocycles. The molecule has 3 fully saturated rings. The second-order valence-electron chi connectivity index (χ2n) is 15.1. The van der Waals surface area contributed by atoms with Gasteiger partial charge in [-0.05, 0) is 91.6 Å². The van der Waals surface area contributed by atoms with Gasteiger partial charge in [-0.1, -0.05) is 44.5 Å². The van der Waals surface area contributed by atoms with Gasteiger partial charge < -0.3 is 24.5 Å². The molecule has 0 saturated heterocycles. The second-order valence-corrected chi connectivity index (χ2v) is 17.0. The largest absolute Gasteiger partial charge is 0.481 e. The first-order chi connectivity index (χ1) is 23.6. The molecular weight excluding hydrogens is 668 g/mol. The van der Waals surface area contributed by atoms with Crippen LogP contribution in [0.2, 0.25) is 0 Å². The molecule has 1 N–H and O–H groups in total. The fourth-order valence-corrected chi connectivity index (χ4v) is 10.7. The van der Waals surface area contributed by atoms with Crippen LogP contribution < -0.4 is 9.64 Å². The number of nitrogens with zero attached hydrogens (tertiary/aromatic N) is 2. The Hall–Kier alpha value is -3.94. The first-order valence-corrected chi connectivity index (χ1v) is 18.8. The van der Waals surface area contributed by atoms with Crippen molar-refractivity contribution in [2.24, 2.45) is 33.5 Å². The van der Waals surface area contributed by atoms with Crippen molar-refractivity contribution >= 4 is 27.7 Å². The molecule has 6 atom stereocenters. The number of sulfone groups is 1. The van der Waals surface area contributed by atoms with Crippen molar-refractivity contribution in [3.05, 3.63) is 48.2 Å². The van der Waals surface area contributed by atoms with Crippen molar-refractivity contribution in [3.63, 3.8) is 0 Å². The molecule has 0 bridgehead atoms. The molecule has 1 heterocycles. The molecular formula is C36H48N2O11S. The Balaban J connectivity index is 1.05. The van der Waals surface area contributed by atoms with Crippen LogP contribution in [0.3, 0.4) is 0 Å². The molecule has 0 unspecified atom stereocenters. The van der Waals surface area contributed by atoms with Crippen LogP contribution in [0.1, 0.15) is 91.4 Å². The summed E-state index contributed by atoms with van der Waals surface area (Å²) < 4.78 is 46.4. The lowest BCUT2D eigenvalue weighted by Crippen LogP contribution is -2.60. The fraction of sp³-hybridized carbons (Fsp3) is 0.639. The number of aliphatic carboxylic acids is 1. The van der Waals surface area contributed by atoms with Crippen LogP contribution in [0.15, 0.2) is 57.5 Å². The van der Waals surface area contributed by atoms with E-state index >= 15 is 0 Å². The summed E-state index contributed by atoms with van der Waals surface area (Å²) in [5.74, 6) is -1.86. The van der Waals surface area contributed by atoms with Gasteiger partial charge in [-0.2, -0.15) is 0 Å². The minimum atomic E-state index is -4.25. The van der Waals surface area contributed by atoms with Crippen LogP contribution in [-0.4, -0.2) is 56.4 Å². The summed E-state index contributed by atoms with van der Waals surface area (Å²) in [6.45, 7) is 10.6. The van der Waals surface area contributed by atoms with Crippen molar-refractivity contribution in [2.75, 3.05) is 19.8 Å². The Labute approximate surface area is 292 Å². The van der Waals surface area contributed by atoms with Gasteiger partial charge in [0.2, 0.25) is 0 Å². The van der Waals surface area contributed by atoms with Crippen LogP contribution in [0.5, 0.6) is 5.88 Å². The summed E-state index contributed by atoms with van der Waals surface area (Å²) in [5, 5.41) is 24.8. The highest BCUT2D eigenvalue weighted by atomic mass is 32.2. The van der Waals surface area contributed by atoms with Gasteiger partial charge in [0.1, 0.15) is 0 Å². The molecule has 0 amide bonds. The molecule has 2 aromatic rings. The third-order valence-electron chi connectivity index (χ3n) is 11.8. The number of carboxylic acid groups (broad SMARTS) is 1. The standard InChI is InChI=1S/C36H48N2O11S/c1-5-36-20-16-26-34(3,17-9-18-35(26,4)32(41)42)27(36)15-19-33(2,23-36)24-48-29(40)14-13-28(39)46-21-10-22-47-30-31(38(43)49-37-30)50(44,45)25-11-7-6-8-12-25/h5-8,11-12,26-27H,1,9-10,13-24H2,2-4H3,(H,41,42)/t26-,27-,33-,34+,35+,36+/m0/s1. The number of benzene rings is 1. The van der Waals surface area contributed by atoms with E-state index in [4.69, 9.17) is 14.2 Å². The monoisotopic (exact) mass is 716 g/mol. The van der Waals surface area contributed by atoms with E-state index in [0.717, 1.165) is 44.9 Å². The Bertz CT molecular complexity index is 1690. The van der Waals surface area contributed by atoms with Crippen molar-refractivity contribution in [3.8, 4) is 5.88 Å². The van der Waals surface area contributed by atoms with Crippen LogP contribution in [-0.2, 0) is 33.7 Å². The maximum Gasteiger partial charge on any atom is 0.414 e.